The van der Waals surface area contributed by atoms with E-state index in [0.29, 0.717) is 34.5 Å². The fraction of sp³-hybridized carbons (Fsp3) is 0.176. The molecule has 25 heavy (non-hydrogen) atoms. The third kappa shape index (κ3) is 3.84. The van der Waals surface area contributed by atoms with Crippen LogP contribution in [0.25, 0.3) is 0 Å². The number of carbonyl (C=O) groups excluding carboxylic acids is 2. The summed E-state index contributed by atoms with van der Waals surface area (Å²) in [7, 11) is 0. The largest absolute Gasteiger partial charge is 0.322 e. The van der Waals surface area contributed by atoms with Crippen LogP contribution in [0.2, 0.25) is 15.1 Å². The molecule has 0 bridgehead atoms. The van der Waals surface area contributed by atoms with Gasteiger partial charge in [0, 0.05) is 13.1 Å². The SMILES string of the molecule is O=C(Nc1cccc(Cl)c1Cl)N1CCN(c2ccccc2Cl)C(=O)C1. The first-order chi connectivity index (χ1) is 12.0. The highest BCUT2D eigenvalue weighted by atomic mass is 35.5. The van der Waals surface area contributed by atoms with Crippen molar-refractivity contribution < 1.29 is 9.59 Å². The average molecular weight is 399 g/mol. The van der Waals surface area contributed by atoms with E-state index in [0.717, 1.165) is 0 Å². The number of amides is 3. The summed E-state index contributed by atoms with van der Waals surface area (Å²) >= 11 is 18.2. The van der Waals surface area contributed by atoms with E-state index in [2.05, 4.69) is 5.32 Å². The maximum atomic E-state index is 12.4. The molecule has 1 heterocycles. The number of nitrogens with one attached hydrogen (secondary N) is 1. The predicted octanol–water partition coefficient (Wildman–Crippen LogP) is 4.53. The van der Waals surface area contributed by atoms with Gasteiger partial charge in [-0.2, -0.15) is 0 Å². The molecular weight excluding hydrogens is 385 g/mol. The minimum Gasteiger partial charge on any atom is -0.313 e. The van der Waals surface area contributed by atoms with E-state index in [4.69, 9.17) is 34.8 Å². The van der Waals surface area contributed by atoms with Crippen molar-refractivity contribution in [3.63, 3.8) is 0 Å². The minimum atomic E-state index is -0.406. The van der Waals surface area contributed by atoms with Crippen molar-refractivity contribution in [3.05, 3.63) is 57.5 Å². The highest BCUT2D eigenvalue weighted by Crippen LogP contribution is 2.30. The second-order valence-electron chi connectivity index (χ2n) is 5.45. The van der Waals surface area contributed by atoms with Crippen LogP contribution in [-0.4, -0.2) is 36.5 Å². The van der Waals surface area contributed by atoms with Crippen molar-refractivity contribution >= 4 is 58.1 Å². The lowest BCUT2D eigenvalue weighted by atomic mass is 10.2. The van der Waals surface area contributed by atoms with E-state index in [1.54, 1.807) is 41.3 Å². The first-order valence-electron chi connectivity index (χ1n) is 7.52. The van der Waals surface area contributed by atoms with Gasteiger partial charge in [0.25, 0.3) is 0 Å². The molecule has 0 unspecified atom stereocenters. The number of nitrogens with zero attached hydrogens (tertiary/aromatic N) is 2. The lowest BCUT2D eigenvalue weighted by molar-refractivity contribution is -0.120. The summed E-state index contributed by atoms with van der Waals surface area (Å²) in [6.07, 6.45) is 0. The average Bonchev–Trinajstić information content (AvgIpc) is 2.59. The van der Waals surface area contributed by atoms with E-state index in [1.807, 2.05) is 6.07 Å². The van der Waals surface area contributed by atoms with Gasteiger partial charge in [0.05, 0.1) is 26.4 Å². The zero-order valence-corrected chi connectivity index (χ0v) is 15.3. The maximum absolute atomic E-state index is 12.4. The number of hydrogen-bond acceptors (Lipinski definition) is 2. The minimum absolute atomic E-state index is 0.0464. The molecule has 2 aromatic rings. The van der Waals surface area contributed by atoms with E-state index < -0.39 is 6.03 Å². The Hall–Kier alpha value is -1.95. The van der Waals surface area contributed by atoms with E-state index in [1.165, 1.54) is 4.90 Å². The number of anilines is 2. The van der Waals surface area contributed by atoms with Gasteiger partial charge < -0.3 is 15.1 Å². The van der Waals surface area contributed by atoms with Crippen LogP contribution in [0.3, 0.4) is 0 Å². The molecule has 0 spiro atoms. The van der Waals surface area contributed by atoms with Gasteiger partial charge in [-0.25, -0.2) is 4.79 Å². The summed E-state index contributed by atoms with van der Waals surface area (Å²) in [6, 6.07) is 11.7. The van der Waals surface area contributed by atoms with Gasteiger partial charge in [0.15, 0.2) is 0 Å². The molecule has 1 fully saturated rings. The number of rotatable bonds is 2. The van der Waals surface area contributed by atoms with Crippen molar-refractivity contribution in [2.75, 3.05) is 29.9 Å². The first kappa shape index (κ1) is 17.9. The zero-order chi connectivity index (χ0) is 18.0. The molecule has 0 saturated carbocycles. The van der Waals surface area contributed by atoms with Gasteiger partial charge in [0.2, 0.25) is 5.91 Å². The van der Waals surface area contributed by atoms with E-state index in [9.17, 15) is 9.59 Å². The van der Waals surface area contributed by atoms with Crippen LogP contribution in [0, 0.1) is 0 Å². The quantitative estimate of drug-likeness (QED) is 0.808. The molecule has 1 N–H and O–H groups in total. The van der Waals surface area contributed by atoms with Crippen LogP contribution in [0.1, 0.15) is 0 Å². The van der Waals surface area contributed by atoms with Crippen LogP contribution in [0.5, 0.6) is 0 Å². The molecule has 3 rings (SSSR count). The number of halogens is 3. The van der Waals surface area contributed by atoms with E-state index in [-0.39, 0.29) is 17.5 Å². The van der Waals surface area contributed by atoms with Crippen LogP contribution < -0.4 is 10.2 Å². The third-order valence-corrected chi connectivity index (χ3v) is 4.98. The van der Waals surface area contributed by atoms with E-state index >= 15 is 0 Å². The Morgan fingerprint density at radius 1 is 0.960 bits per heavy atom. The summed E-state index contributed by atoms with van der Waals surface area (Å²) in [5, 5.41) is 3.79. The van der Waals surface area contributed by atoms with Gasteiger partial charge in [0.1, 0.15) is 6.54 Å². The number of benzene rings is 2. The molecule has 0 aromatic heterocycles. The van der Waals surface area contributed by atoms with Crippen molar-refractivity contribution in [1.29, 1.82) is 0 Å². The molecule has 1 aliphatic rings. The molecule has 3 amide bonds. The normalized spacial score (nSPS) is 14.6. The number of para-hydroxylation sites is 1. The Labute approximate surface area is 160 Å². The lowest BCUT2D eigenvalue weighted by Gasteiger charge is -2.34. The smallest absolute Gasteiger partial charge is 0.313 e. The Bertz CT molecular complexity index is 829. The summed E-state index contributed by atoms with van der Waals surface area (Å²) in [6.45, 7) is 0.690. The number of carbonyl (C=O) groups is 2. The molecule has 0 radical (unpaired) electrons. The Balaban J connectivity index is 1.68. The standard InChI is InChI=1S/C17H14Cl3N3O2/c18-11-4-1-2-7-14(11)23-9-8-22(10-15(23)24)17(25)21-13-6-3-5-12(19)16(13)20/h1-7H,8-10H2,(H,21,25). The van der Waals surface area contributed by atoms with Gasteiger partial charge in [-0.15, -0.1) is 0 Å². The van der Waals surface area contributed by atoms with Crippen LogP contribution in [-0.2, 0) is 4.79 Å². The summed E-state index contributed by atoms with van der Waals surface area (Å²) in [5.41, 5.74) is 1.05. The Morgan fingerprint density at radius 3 is 2.40 bits per heavy atom. The van der Waals surface area contributed by atoms with Crippen LogP contribution in [0.15, 0.2) is 42.5 Å². The molecule has 8 heteroatoms. The predicted molar refractivity (Wildman–Crippen MR) is 101 cm³/mol. The molecule has 0 atom stereocenters. The number of piperazine rings is 1. The lowest BCUT2D eigenvalue weighted by Crippen LogP contribution is -2.53. The fourth-order valence-corrected chi connectivity index (χ4v) is 3.15. The molecule has 130 valence electrons. The van der Waals surface area contributed by atoms with Gasteiger partial charge in [-0.05, 0) is 24.3 Å². The highest BCUT2D eigenvalue weighted by molar-refractivity contribution is 6.44. The van der Waals surface area contributed by atoms with Gasteiger partial charge in [-0.1, -0.05) is 53.0 Å². The highest BCUT2D eigenvalue weighted by Gasteiger charge is 2.29. The second-order valence-corrected chi connectivity index (χ2v) is 6.64. The zero-order valence-electron chi connectivity index (χ0n) is 13.0. The molecule has 1 saturated heterocycles. The Kier molecular flexibility index (Phi) is 5.37. The molecule has 5 nitrogen and oxygen atoms in total. The van der Waals surface area contributed by atoms with Crippen molar-refractivity contribution in [2.24, 2.45) is 0 Å². The van der Waals surface area contributed by atoms with Crippen molar-refractivity contribution in [1.82, 2.24) is 4.90 Å². The van der Waals surface area contributed by atoms with Gasteiger partial charge in [-0.3, -0.25) is 4.79 Å². The van der Waals surface area contributed by atoms with Gasteiger partial charge >= 0.3 is 6.03 Å². The number of urea groups is 1. The van der Waals surface area contributed by atoms with Crippen molar-refractivity contribution in [3.8, 4) is 0 Å². The van der Waals surface area contributed by atoms with Crippen LogP contribution >= 0.6 is 34.8 Å². The molecule has 0 aliphatic carbocycles. The molecular formula is C17H14Cl3N3O2. The number of hydrogen-bond donors (Lipinski definition) is 1. The topological polar surface area (TPSA) is 52.7 Å². The molecule has 1 aliphatic heterocycles. The monoisotopic (exact) mass is 397 g/mol. The maximum Gasteiger partial charge on any atom is 0.322 e. The fourth-order valence-electron chi connectivity index (χ4n) is 2.57. The Morgan fingerprint density at radius 2 is 1.68 bits per heavy atom. The summed E-state index contributed by atoms with van der Waals surface area (Å²) < 4.78 is 0. The summed E-state index contributed by atoms with van der Waals surface area (Å²) in [4.78, 5) is 27.8. The van der Waals surface area contributed by atoms with Crippen LogP contribution in [0.4, 0.5) is 16.2 Å². The van der Waals surface area contributed by atoms with Crippen molar-refractivity contribution in [2.45, 2.75) is 0 Å². The third-order valence-electron chi connectivity index (χ3n) is 3.84. The second kappa shape index (κ2) is 7.52. The molecule has 2 aromatic carbocycles. The first-order valence-corrected chi connectivity index (χ1v) is 8.65. The summed E-state index contributed by atoms with van der Waals surface area (Å²) in [5.74, 6) is -0.202.